The van der Waals surface area contributed by atoms with Crippen LogP contribution in [0, 0.1) is 0 Å². The molecule has 130 valence electrons. The lowest BCUT2D eigenvalue weighted by Gasteiger charge is -2.13. The van der Waals surface area contributed by atoms with Gasteiger partial charge in [-0.2, -0.15) is 10.1 Å². The van der Waals surface area contributed by atoms with Crippen LogP contribution in [0.15, 0.2) is 10.6 Å². The highest BCUT2D eigenvalue weighted by molar-refractivity contribution is 5.76. The molecule has 0 spiro atoms. The van der Waals surface area contributed by atoms with Crippen molar-refractivity contribution in [1.82, 2.24) is 30.6 Å². The largest absolute Gasteiger partial charge is 0.377 e. The van der Waals surface area contributed by atoms with Gasteiger partial charge in [-0.1, -0.05) is 5.16 Å². The first-order valence-electron chi connectivity index (χ1n) is 8.08. The van der Waals surface area contributed by atoms with Gasteiger partial charge >= 0.3 is 0 Å². The molecule has 9 nitrogen and oxygen atoms in total. The maximum atomic E-state index is 11.9. The molecule has 1 aliphatic heterocycles. The average molecular weight is 334 g/mol. The van der Waals surface area contributed by atoms with Gasteiger partial charge in [0, 0.05) is 46.0 Å². The zero-order valence-corrected chi connectivity index (χ0v) is 13.7. The van der Waals surface area contributed by atoms with E-state index in [-0.39, 0.29) is 5.91 Å². The molecule has 0 saturated carbocycles. The Morgan fingerprint density at radius 3 is 3.25 bits per heavy atom. The third-order valence-electron chi connectivity index (χ3n) is 3.77. The molecule has 9 heteroatoms. The van der Waals surface area contributed by atoms with Crippen LogP contribution in [0.25, 0.3) is 0 Å². The Kier molecular flexibility index (Phi) is 5.55. The van der Waals surface area contributed by atoms with Crippen molar-refractivity contribution < 1.29 is 14.1 Å². The molecule has 0 unspecified atom stereocenters. The fourth-order valence-electron chi connectivity index (χ4n) is 2.59. The van der Waals surface area contributed by atoms with Crippen molar-refractivity contribution >= 4 is 5.91 Å². The molecule has 0 saturated heterocycles. The fraction of sp³-hybridized carbons (Fsp3) is 0.600. The van der Waals surface area contributed by atoms with Gasteiger partial charge in [0.1, 0.15) is 6.61 Å². The van der Waals surface area contributed by atoms with E-state index >= 15 is 0 Å². The minimum absolute atomic E-state index is 0.00396. The zero-order valence-electron chi connectivity index (χ0n) is 13.7. The summed E-state index contributed by atoms with van der Waals surface area (Å²) in [4.78, 5) is 16.1. The van der Waals surface area contributed by atoms with E-state index in [1.54, 1.807) is 7.11 Å². The number of hydrogen-bond acceptors (Lipinski definition) is 7. The van der Waals surface area contributed by atoms with E-state index in [9.17, 15) is 4.79 Å². The zero-order chi connectivity index (χ0) is 16.8. The molecule has 0 radical (unpaired) electrons. The molecule has 0 bridgehead atoms. The van der Waals surface area contributed by atoms with E-state index in [0.717, 1.165) is 25.3 Å². The van der Waals surface area contributed by atoms with Gasteiger partial charge in [0.2, 0.25) is 11.8 Å². The highest BCUT2D eigenvalue weighted by atomic mass is 16.5. The number of aromatic nitrogens is 4. The van der Waals surface area contributed by atoms with E-state index in [1.807, 2.05) is 4.68 Å². The number of amides is 1. The van der Waals surface area contributed by atoms with Crippen molar-refractivity contribution in [2.75, 3.05) is 20.2 Å². The van der Waals surface area contributed by atoms with Gasteiger partial charge in [0.05, 0.1) is 17.9 Å². The monoisotopic (exact) mass is 334 g/mol. The summed E-state index contributed by atoms with van der Waals surface area (Å²) < 4.78 is 12.0. The summed E-state index contributed by atoms with van der Waals surface area (Å²) in [6.45, 7) is 3.46. The number of methoxy groups -OCH3 is 1. The van der Waals surface area contributed by atoms with Crippen molar-refractivity contribution in [1.29, 1.82) is 0 Å². The van der Waals surface area contributed by atoms with Crippen LogP contribution in [0.5, 0.6) is 0 Å². The van der Waals surface area contributed by atoms with Crippen LogP contribution in [0.4, 0.5) is 0 Å². The highest BCUT2D eigenvalue weighted by Crippen LogP contribution is 2.09. The normalized spacial score (nSPS) is 13.7. The summed E-state index contributed by atoms with van der Waals surface area (Å²) in [7, 11) is 1.57. The van der Waals surface area contributed by atoms with Gasteiger partial charge in [-0.25, -0.2) is 0 Å². The molecule has 2 aromatic heterocycles. The van der Waals surface area contributed by atoms with Crippen LogP contribution in [0.2, 0.25) is 0 Å². The van der Waals surface area contributed by atoms with Gasteiger partial charge in [0.25, 0.3) is 0 Å². The molecule has 2 aromatic rings. The molecule has 0 atom stereocenters. The van der Waals surface area contributed by atoms with Crippen molar-refractivity contribution in [3.05, 3.63) is 29.2 Å². The molecule has 1 aliphatic rings. The summed E-state index contributed by atoms with van der Waals surface area (Å²) in [5.74, 6) is 1.00. The van der Waals surface area contributed by atoms with Crippen molar-refractivity contribution in [3.63, 3.8) is 0 Å². The minimum atomic E-state index is -0.00396. The van der Waals surface area contributed by atoms with Crippen LogP contribution < -0.4 is 10.6 Å². The van der Waals surface area contributed by atoms with Gasteiger partial charge in [-0.05, 0) is 6.07 Å². The van der Waals surface area contributed by atoms with Crippen LogP contribution in [-0.2, 0) is 42.1 Å². The summed E-state index contributed by atoms with van der Waals surface area (Å²) in [5.41, 5.74) is 2.14. The number of nitrogens with one attached hydrogen (secondary N) is 2. The predicted molar refractivity (Wildman–Crippen MR) is 84.0 cm³/mol. The lowest BCUT2D eigenvalue weighted by molar-refractivity contribution is -0.121. The van der Waals surface area contributed by atoms with Crippen LogP contribution in [0.1, 0.15) is 29.5 Å². The average Bonchev–Trinajstić information content (AvgIpc) is 3.19. The van der Waals surface area contributed by atoms with Crippen LogP contribution in [-0.4, -0.2) is 46.0 Å². The number of rotatable bonds is 8. The fourth-order valence-corrected chi connectivity index (χ4v) is 2.59. The maximum Gasteiger partial charge on any atom is 0.228 e. The second-order valence-corrected chi connectivity index (χ2v) is 5.66. The number of hydrogen-bond donors (Lipinski definition) is 2. The Labute approximate surface area is 139 Å². The third kappa shape index (κ3) is 4.39. The van der Waals surface area contributed by atoms with Gasteiger partial charge < -0.3 is 19.9 Å². The first kappa shape index (κ1) is 16.6. The number of carbonyl (C=O) groups is 1. The van der Waals surface area contributed by atoms with Crippen molar-refractivity contribution in [2.24, 2.45) is 0 Å². The molecular weight excluding hydrogens is 312 g/mol. The molecule has 0 fully saturated rings. The Morgan fingerprint density at radius 1 is 1.50 bits per heavy atom. The second kappa shape index (κ2) is 8.02. The Balaban J connectivity index is 1.37. The van der Waals surface area contributed by atoms with E-state index in [2.05, 4.69) is 31.9 Å². The number of carbonyl (C=O) groups excluding carboxylic acids is 1. The third-order valence-corrected chi connectivity index (χ3v) is 3.77. The summed E-state index contributed by atoms with van der Waals surface area (Å²) in [5, 5.41) is 14.5. The Morgan fingerprint density at radius 2 is 2.42 bits per heavy atom. The van der Waals surface area contributed by atoms with Crippen molar-refractivity contribution in [2.45, 2.75) is 39.0 Å². The summed E-state index contributed by atoms with van der Waals surface area (Å²) in [6.07, 6.45) is 1.57. The predicted octanol–water partition coefficient (Wildman–Crippen LogP) is -0.193. The van der Waals surface area contributed by atoms with Crippen molar-refractivity contribution in [3.8, 4) is 0 Å². The summed E-state index contributed by atoms with van der Waals surface area (Å²) >= 11 is 0. The van der Waals surface area contributed by atoms with Gasteiger partial charge in [-0.15, -0.1) is 0 Å². The maximum absolute atomic E-state index is 11.9. The first-order chi connectivity index (χ1) is 11.7. The molecular formula is C15H22N6O3. The number of ether oxygens (including phenoxy) is 1. The summed E-state index contributed by atoms with van der Waals surface area (Å²) in [6, 6.07) is 2.06. The first-order valence-corrected chi connectivity index (χ1v) is 8.08. The molecule has 0 aliphatic carbocycles. The number of fused-ring (bicyclic) bond motifs is 1. The molecule has 24 heavy (non-hydrogen) atoms. The van der Waals surface area contributed by atoms with E-state index < -0.39 is 0 Å². The van der Waals surface area contributed by atoms with E-state index in [1.165, 1.54) is 5.69 Å². The lowest BCUT2D eigenvalue weighted by Crippen LogP contribution is -2.28. The SMILES string of the molecule is COCc1noc(CCNC(=O)CCc2cc3n(n2)CCNC3)n1. The molecule has 3 rings (SSSR count). The number of aryl methyl sites for hydroxylation is 1. The quantitative estimate of drug-likeness (QED) is 0.689. The van der Waals surface area contributed by atoms with Crippen LogP contribution >= 0.6 is 0 Å². The topological polar surface area (TPSA) is 107 Å². The van der Waals surface area contributed by atoms with Crippen LogP contribution in [0.3, 0.4) is 0 Å². The molecule has 2 N–H and O–H groups in total. The van der Waals surface area contributed by atoms with E-state index in [0.29, 0.717) is 44.1 Å². The van der Waals surface area contributed by atoms with Gasteiger partial charge in [-0.3, -0.25) is 9.48 Å². The standard InChI is InChI=1S/C15H22N6O3/c1-23-10-13-18-15(24-20-13)4-5-17-14(22)3-2-11-8-12-9-16-6-7-21(12)19-11/h8,16H,2-7,9-10H2,1H3,(H,17,22). The smallest absolute Gasteiger partial charge is 0.228 e. The molecule has 0 aromatic carbocycles. The second-order valence-electron chi connectivity index (χ2n) is 5.66. The van der Waals surface area contributed by atoms with Gasteiger partial charge in [0.15, 0.2) is 5.82 Å². The van der Waals surface area contributed by atoms with E-state index in [4.69, 9.17) is 9.26 Å². The Bertz CT molecular complexity index is 657. The Hall–Kier alpha value is -2.26. The molecule has 3 heterocycles. The minimum Gasteiger partial charge on any atom is -0.377 e. The highest BCUT2D eigenvalue weighted by Gasteiger charge is 2.12. The molecule has 1 amide bonds. The number of nitrogens with zero attached hydrogens (tertiary/aromatic N) is 4. The lowest BCUT2D eigenvalue weighted by atomic mass is 10.2.